The highest BCUT2D eigenvalue weighted by atomic mass is 32.2. The van der Waals surface area contributed by atoms with Gasteiger partial charge in [-0.25, -0.2) is 0 Å². The van der Waals surface area contributed by atoms with Gasteiger partial charge >= 0.3 is 6.01 Å². The Morgan fingerprint density at radius 2 is 2.17 bits per heavy atom. The molecule has 0 atom stereocenters. The number of nitrogens with one attached hydrogen (secondary N) is 1. The minimum atomic E-state index is -0.403. The van der Waals surface area contributed by atoms with Crippen LogP contribution >= 0.6 is 12.1 Å². The fourth-order valence-corrected chi connectivity index (χ4v) is 2.86. The summed E-state index contributed by atoms with van der Waals surface area (Å²) in [4.78, 5) is 14.8. The number of rotatable bonds is 4. The van der Waals surface area contributed by atoms with Crippen molar-refractivity contribution in [2.75, 3.05) is 25.5 Å². The van der Waals surface area contributed by atoms with Gasteiger partial charge in [0.15, 0.2) is 0 Å². The van der Waals surface area contributed by atoms with Crippen molar-refractivity contribution < 1.29 is 13.1 Å². The molecule has 2 heterocycles. The normalized spacial score (nSPS) is 16.4. The number of hydrogen-bond donors (Lipinski definition) is 1. The van der Waals surface area contributed by atoms with Crippen LogP contribution in [0.2, 0.25) is 0 Å². The molecule has 3 rings (SSSR count). The summed E-state index contributed by atoms with van der Waals surface area (Å²) < 4.78 is 18.1. The summed E-state index contributed by atoms with van der Waals surface area (Å²) in [7, 11) is 2.08. The molecule has 1 aromatic heterocycles. The van der Waals surface area contributed by atoms with Gasteiger partial charge < -0.3 is 9.32 Å². The third-order valence-electron chi connectivity index (χ3n) is 3.91. The van der Waals surface area contributed by atoms with Crippen molar-refractivity contribution in [1.29, 1.82) is 0 Å². The van der Waals surface area contributed by atoms with Crippen LogP contribution < -0.4 is 5.32 Å². The first-order valence-electron chi connectivity index (χ1n) is 7.37. The molecule has 6 nitrogen and oxygen atoms in total. The van der Waals surface area contributed by atoms with Crippen LogP contribution in [0.1, 0.15) is 35.0 Å². The van der Waals surface area contributed by atoms with Gasteiger partial charge in [0.05, 0.1) is 12.1 Å². The molecule has 1 fully saturated rings. The highest BCUT2D eigenvalue weighted by Gasteiger charge is 2.24. The van der Waals surface area contributed by atoms with Gasteiger partial charge in [-0.15, -0.1) is 5.10 Å². The molecule has 0 bridgehead atoms. The molecule has 8 heteroatoms. The van der Waals surface area contributed by atoms with Gasteiger partial charge in [0.1, 0.15) is 0 Å². The largest absolute Gasteiger partial charge is 0.408 e. The zero-order chi connectivity index (χ0) is 16.2. The molecule has 2 aromatic rings. The second kappa shape index (κ2) is 7.10. The molecule has 0 saturated carbocycles. The van der Waals surface area contributed by atoms with Crippen molar-refractivity contribution in [2.45, 2.75) is 23.7 Å². The van der Waals surface area contributed by atoms with Crippen molar-refractivity contribution in [1.82, 2.24) is 15.1 Å². The van der Waals surface area contributed by atoms with E-state index in [0.717, 1.165) is 25.9 Å². The number of nitrogens with zero attached hydrogens (tertiary/aromatic N) is 3. The van der Waals surface area contributed by atoms with Crippen LogP contribution in [-0.2, 0) is 0 Å². The molecule has 1 amide bonds. The molecule has 0 radical (unpaired) electrons. The molecule has 1 saturated heterocycles. The Hall–Kier alpha value is -1.93. The maximum absolute atomic E-state index is 12.6. The van der Waals surface area contributed by atoms with Gasteiger partial charge in [-0.3, -0.25) is 10.1 Å². The third-order valence-corrected chi connectivity index (χ3v) is 4.35. The Morgan fingerprint density at radius 3 is 2.91 bits per heavy atom. The number of amides is 1. The van der Waals surface area contributed by atoms with Crippen LogP contribution in [0.3, 0.4) is 0 Å². The zero-order valence-corrected chi connectivity index (χ0v) is 13.5. The number of carbonyl (C=O) groups is 1. The summed E-state index contributed by atoms with van der Waals surface area (Å²) in [6.07, 6.45) is 1.92. The van der Waals surface area contributed by atoms with Gasteiger partial charge in [0.2, 0.25) is 5.89 Å². The standard InChI is InChI=1S/C15H17FN4O2S/c1-20-7-5-10(6-8-20)14-18-19-15(22-14)17-13(21)11-3-2-4-12(9-11)23-16/h2-4,9-10H,5-8H2,1H3,(H,17,19,21). The third kappa shape index (κ3) is 3.89. The first kappa shape index (κ1) is 15.9. The molecule has 1 N–H and O–H groups in total. The Morgan fingerprint density at radius 1 is 1.39 bits per heavy atom. The Balaban J connectivity index is 1.65. The molecule has 1 aromatic carbocycles. The topological polar surface area (TPSA) is 71.3 Å². The first-order chi connectivity index (χ1) is 11.2. The Kier molecular flexibility index (Phi) is 4.92. The lowest BCUT2D eigenvalue weighted by molar-refractivity contribution is 0.102. The number of halogens is 1. The van der Waals surface area contributed by atoms with Crippen molar-refractivity contribution >= 4 is 24.1 Å². The lowest BCUT2D eigenvalue weighted by Gasteiger charge is -2.26. The minimum Gasteiger partial charge on any atom is -0.408 e. The average Bonchev–Trinajstić information content (AvgIpc) is 3.04. The number of aromatic nitrogens is 2. The van der Waals surface area contributed by atoms with Crippen LogP contribution in [0.15, 0.2) is 33.6 Å². The van der Waals surface area contributed by atoms with Crippen molar-refractivity contribution in [3.05, 3.63) is 35.7 Å². The first-order valence-corrected chi connectivity index (χ1v) is 8.09. The average molecular weight is 336 g/mol. The maximum Gasteiger partial charge on any atom is 0.322 e. The van der Waals surface area contributed by atoms with E-state index in [2.05, 4.69) is 27.5 Å². The SMILES string of the molecule is CN1CCC(c2nnc(NC(=O)c3cccc(SF)c3)o2)CC1. The van der Waals surface area contributed by atoms with Crippen molar-refractivity contribution in [2.24, 2.45) is 0 Å². The van der Waals surface area contributed by atoms with Gasteiger partial charge in [0.25, 0.3) is 5.91 Å². The maximum atomic E-state index is 12.6. The van der Waals surface area contributed by atoms with E-state index in [0.29, 0.717) is 16.3 Å². The highest BCUT2D eigenvalue weighted by Crippen LogP contribution is 2.27. The predicted octanol–water partition coefficient (Wildman–Crippen LogP) is 3.11. The van der Waals surface area contributed by atoms with Crippen molar-refractivity contribution in [3.63, 3.8) is 0 Å². The van der Waals surface area contributed by atoms with E-state index in [9.17, 15) is 8.68 Å². The Bertz CT molecular complexity index is 686. The van der Waals surface area contributed by atoms with E-state index in [1.165, 1.54) is 6.07 Å². The predicted molar refractivity (Wildman–Crippen MR) is 85.1 cm³/mol. The number of hydrogen-bond acceptors (Lipinski definition) is 6. The van der Waals surface area contributed by atoms with Gasteiger partial charge in [-0.05, 0) is 51.2 Å². The summed E-state index contributed by atoms with van der Waals surface area (Å²) >= 11 is 0.0943. The molecule has 23 heavy (non-hydrogen) atoms. The highest BCUT2D eigenvalue weighted by molar-refractivity contribution is 7.94. The molecule has 1 aliphatic heterocycles. The number of likely N-dealkylation sites (tertiary alicyclic amines) is 1. The molecule has 0 unspecified atom stereocenters. The van der Waals surface area contributed by atoms with Crippen LogP contribution in [-0.4, -0.2) is 41.1 Å². The van der Waals surface area contributed by atoms with Gasteiger partial charge in [0, 0.05) is 16.4 Å². The van der Waals surface area contributed by atoms with Crippen LogP contribution in [0.5, 0.6) is 0 Å². The summed E-state index contributed by atoms with van der Waals surface area (Å²) in [6, 6.07) is 6.35. The second-order valence-electron chi connectivity index (χ2n) is 5.58. The van der Waals surface area contributed by atoms with Crippen LogP contribution in [0, 0.1) is 0 Å². The molecule has 122 valence electrons. The van der Waals surface area contributed by atoms with Gasteiger partial charge in [-0.1, -0.05) is 11.2 Å². The van der Waals surface area contributed by atoms with Crippen LogP contribution in [0.4, 0.5) is 9.90 Å². The summed E-state index contributed by atoms with van der Waals surface area (Å²) in [6.45, 7) is 1.98. The van der Waals surface area contributed by atoms with Gasteiger partial charge in [-0.2, -0.15) is 3.89 Å². The quantitative estimate of drug-likeness (QED) is 0.925. The number of anilines is 1. The smallest absolute Gasteiger partial charge is 0.322 e. The summed E-state index contributed by atoms with van der Waals surface area (Å²) in [5, 5.41) is 10.5. The molecule has 0 spiro atoms. The minimum absolute atomic E-state index is 0.0715. The lowest BCUT2D eigenvalue weighted by Crippen LogP contribution is -2.29. The molecular formula is C15H17FN4O2S. The van der Waals surface area contributed by atoms with Crippen LogP contribution in [0.25, 0.3) is 0 Å². The Labute approximate surface area is 137 Å². The van der Waals surface area contributed by atoms with E-state index < -0.39 is 5.91 Å². The number of piperidine rings is 1. The second-order valence-corrected chi connectivity index (χ2v) is 6.21. The van der Waals surface area contributed by atoms with E-state index in [1.807, 2.05) is 0 Å². The van der Waals surface area contributed by atoms with Crippen molar-refractivity contribution in [3.8, 4) is 0 Å². The summed E-state index contributed by atoms with van der Waals surface area (Å²) in [5.74, 6) is 0.386. The molecular weight excluding hydrogens is 319 g/mol. The van der Waals surface area contributed by atoms with E-state index >= 15 is 0 Å². The fraction of sp³-hybridized carbons (Fsp3) is 0.400. The van der Waals surface area contributed by atoms with E-state index in [1.54, 1.807) is 18.2 Å². The number of benzene rings is 1. The summed E-state index contributed by atoms with van der Waals surface area (Å²) in [5.41, 5.74) is 0.340. The number of carbonyl (C=O) groups excluding carboxylic acids is 1. The molecule has 1 aliphatic rings. The lowest BCUT2D eigenvalue weighted by atomic mass is 9.97. The molecule has 0 aliphatic carbocycles. The fourth-order valence-electron chi connectivity index (χ4n) is 2.56. The monoisotopic (exact) mass is 336 g/mol. The van der Waals surface area contributed by atoms with E-state index in [-0.39, 0.29) is 24.1 Å². The zero-order valence-electron chi connectivity index (χ0n) is 12.7. The van der Waals surface area contributed by atoms with E-state index in [4.69, 9.17) is 4.42 Å².